The summed E-state index contributed by atoms with van der Waals surface area (Å²) in [7, 11) is 1.32. The molecule has 2 atom stereocenters. The topological polar surface area (TPSA) is 124 Å². The van der Waals surface area contributed by atoms with Gasteiger partial charge in [0.1, 0.15) is 24.7 Å². The second-order valence-electron chi connectivity index (χ2n) is 9.66. The third-order valence-electron chi connectivity index (χ3n) is 6.66. The van der Waals surface area contributed by atoms with Gasteiger partial charge in [-0.05, 0) is 61.9 Å². The van der Waals surface area contributed by atoms with Crippen molar-refractivity contribution in [3.8, 4) is 28.5 Å². The molecule has 4 rings (SSSR count). The van der Waals surface area contributed by atoms with Crippen LogP contribution in [0.1, 0.15) is 41.4 Å². The van der Waals surface area contributed by atoms with E-state index in [-0.39, 0.29) is 59.5 Å². The van der Waals surface area contributed by atoms with Gasteiger partial charge in [-0.2, -0.15) is 13.2 Å². The molecule has 2 heterocycles. The van der Waals surface area contributed by atoms with E-state index >= 15 is 0 Å². The average molecular weight is 565 g/mol. The third kappa shape index (κ3) is 5.60. The number of ether oxygens (including phenoxy) is 3. The number of alkyl halides is 3. The van der Waals surface area contributed by atoms with Gasteiger partial charge in [0, 0.05) is 23.1 Å². The summed E-state index contributed by atoms with van der Waals surface area (Å²) in [6, 6.07) is 10.00. The summed E-state index contributed by atoms with van der Waals surface area (Å²) in [6.07, 6.45) is -6.97. The number of carbonyl (C=O) groups excluding carboxylic acids is 1. The van der Waals surface area contributed by atoms with E-state index in [0.29, 0.717) is 0 Å². The van der Waals surface area contributed by atoms with Crippen molar-refractivity contribution in [3.63, 3.8) is 0 Å². The molecule has 0 saturated carbocycles. The fraction of sp³-hybridized carbons (Fsp3) is 0.357. The number of hydrogen-bond donors (Lipinski definition) is 3. The minimum absolute atomic E-state index is 0.0250. The van der Waals surface area contributed by atoms with Crippen LogP contribution in [0, 0.1) is 5.82 Å². The van der Waals surface area contributed by atoms with Crippen molar-refractivity contribution in [3.05, 3.63) is 71.2 Å². The van der Waals surface area contributed by atoms with E-state index in [1.807, 2.05) is 0 Å². The Balaban J connectivity index is 1.71. The van der Waals surface area contributed by atoms with Crippen LogP contribution in [0.4, 0.5) is 17.6 Å². The zero-order valence-electron chi connectivity index (χ0n) is 21.7. The van der Waals surface area contributed by atoms with Crippen molar-refractivity contribution in [2.45, 2.75) is 37.1 Å². The number of ketones is 1. The molecule has 0 bridgehead atoms. The highest BCUT2D eigenvalue weighted by atomic mass is 19.4. The Hall–Kier alpha value is -3.74. The van der Waals surface area contributed by atoms with Crippen LogP contribution >= 0.6 is 0 Å². The highest BCUT2D eigenvalue weighted by molar-refractivity contribution is 5.96. The molecule has 8 nitrogen and oxygen atoms in total. The summed E-state index contributed by atoms with van der Waals surface area (Å²) in [5, 5.41) is 20.1. The van der Waals surface area contributed by atoms with Crippen LogP contribution in [0.5, 0.6) is 17.2 Å². The Morgan fingerprint density at radius 2 is 1.85 bits per heavy atom. The van der Waals surface area contributed by atoms with Gasteiger partial charge in [-0.15, -0.1) is 0 Å². The average Bonchev–Trinajstić information content (AvgIpc) is 3.23. The lowest BCUT2D eigenvalue weighted by atomic mass is 9.86. The van der Waals surface area contributed by atoms with Gasteiger partial charge in [0.2, 0.25) is 5.60 Å². The predicted octanol–water partition coefficient (Wildman–Crippen LogP) is 4.25. The zero-order chi connectivity index (χ0) is 29.3. The van der Waals surface area contributed by atoms with Crippen LogP contribution in [-0.4, -0.2) is 54.1 Å². The Kier molecular flexibility index (Phi) is 8.06. The number of nitrogens with zero attached hydrogens (tertiary/aromatic N) is 1. The lowest BCUT2D eigenvalue weighted by Crippen LogP contribution is -2.44. The summed E-state index contributed by atoms with van der Waals surface area (Å²) in [5.41, 5.74) is 1.24. The number of Topliss-reactive ketones (excluding diaryl/α,β-unsaturated/α-hetero) is 1. The zero-order valence-corrected chi connectivity index (χ0v) is 21.7. The van der Waals surface area contributed by atoms with Gasteiger partial charge < -0.3 is 30.2 Å². The highest BCUT2D eigenvalue weighted by Crippen LogP contribution is 2.48. The standard InChI is InChI=1S/C28H28F4N2O6/c1-26(33)15-40-25-19(26)14-23(34-24(25)16-3-6-18(29)7-4-16)27(37,28(30,31)32)10-9-20(36)17-5-8-21(39-12-11-35)22(13-17)38-2/h3-8,13-14,35,37H,9-12,15,33H2,1-2H3. The number of benzene rings is 2. The first kappa shape index (κ1) is 29.2. The number of aliphatic hydroxyl groups is 2. The fourth-order valence-corrected chi connectivity index (χ4v) is 4.39. The van der Waals surface area contributed by atoms with Crippen LogP contribution in [-0.2, 0) is 11.1 Å². The number of fused-ring (bicyclic) bond motifs is 1. The van der Waals surface area contributed by atoms with Crippen LogP contribution < -0.4 is 19.9 Å². The van der Waals surface area contributed by atoms with Gasteiger partial charge in [0.25, 0.3) is 0 Å². The number of pyridine rings is 1. The molecule has 0 aliphatic carbocycles. The van der Waals surface area contributed by atoms with E-state index in [1.165, 1.54) is 37.4 Å². The normalized spacial score (nSPS) is 18.0. The maximum atomic E-state index is 14.5. The second kappa shape index (κ2) is 11.0. The van der Waals surface area contributed by atoms with Gasteiger partial charge in [-0.1, -0.05) is 0 Å². The molecule has 0 spiro atoms. The maximum absolute atomic E-state index is 14.5. The number of hydrogen-bond acceptors (Lipinski definition) is 8. The molecule has 4 N–H and O–H groups in total. The smallest absolute Gasteiger partial charge is 0.422 e. The first-order chi connectivity index (χ1) is 18.8. The molecule has 0 radical (unpaired) electrons. The molecule has 2 aromatic carbocycles. The summed E-state index contributed by atoms with van der Waals surface area (Å²) in [6.45, 7) is 1.23. The Morgan fingerprint density at radius 3 is 2.48 bits per heavy atom. The minimum Gasteiger partial charge on any atom is -0.493 e. The SMILES string of the molecule is COc1cc(C(=O)CCC(O)(c2cc3c(c(-c4ccc(F)cc4)n2)OCC3(C)N)C(F)(F)F)ccc1OCCO. The first-order valence-corrected chi connectivity index (χ1v) is 12.3. The van der Waals surface area contributed by atoms with Crippen molar-refractivity contribution in [1.82, 2.24) is 4.98 Å². The quantitative estimate of drug-likeness (QED) is 0.247. The van der Waals surface area contributed by atoms with Gasteiger partial charge in [-0.3, -0.25) is 4.79 Å². The molecule has 1 aromatic heterocycles. The van der Waals surface area contributed by atoms with E-state index in [0.717, 1.165) is 18.2 Å². The molecular formula is C28H28F4N2O6. The molecule has 0 saturated heterocycles. The molecule has 1 aliphatic heterocycles. The van der Waals surface area contributed by atoms with Crippen LogP contribution in [0.2, 0.25) is 0 Å². The number of methoxy groups -OCH3 is 1. The number of aliphatic hydroxyl groups excluding tert-OH is 1. The molecule has 12 heteroatoms. The van der Waals surface area contributed by atoms with Crippen molar-refractivity contribution in [1.29, 1.82) is 0 Å². The van der Waals surface area contributed by atoms with Crippen molar-refractivity contribution in [2.24, 2.45) is 5.73 Å². The Labute approximate surface area is 227 Å². The van der Waals surface area contributed by atoms with Crippen molar-refractivity contribution < 1.29 is 46.8 Å². The van der Waals surface area contributed by atoms with Crippen LogP contribution in [0.15, 0.2) is 48.5 Å². The highest BCUT2D eigenvalue weighted by Gasteiger charge is 2.56. The molecule has 0 fully saturated rings. The largest absolute Gasteiger partial charge is 0.493 e. The van der Waals surface area contributed by atoms with Gasteiger partial charge in [0.15, 0.2) is 23.0 Å². The van der Waals surface area contributed by atoms with Gasteiger partial charge >= 0.3 is 6.18 Å². The summed E-state index contributed by atoms with van der Waals surface area (Å²) < 4.78 is 73.2. The number of halogens is 4. The van der Waals surface area contributed by atoms with E-state index in [9.17, 15) is 27.5 Å². The Bertz CT molecular complexity index is 1390. The number of aromatic nitrogens is 1. The van der Waals surface area contributed by atoms with E-state index in [4.69, 9.17) is 25.1 Å². The number of rotatable bonds is 10. The second-order valence-corrected chi connectivity index (χ2v) is 9.66. The van der Waals surface area contributed by atoms with Gasteiger partial charge in [0.05, 0.1) is 24.9 Å². The molecule has 3 aromatic rings. The summed E-state index contributed by atoms with van der Waals surface area (Å²) in [5.74, 6) is -0.728. The fourth-order valence-electron chi connectivity index (χ4n) is 4.39. The molecular weight excluding hydrogens is 536 g/mol. The lowest BCUT2D eigenvalue weighted by Gasteiger charge is -2.31. The van der Waals surface area contributed by atoms with E-state index in [2.05, 4.69) is 4.98 Å². The molecule has 40 heavy (non-hydrogen) atoms. The maximum Gasteiger partial charge on any atom is 0.422 e. The Morgan fingerprint density at radius 1 is 1.15 bits per heavy atom. The monoisotopic (exact) mass is 564 g/mol. The van der Waals surface area contributed by atoms with Crippen LogP contribution in [0.3, 0.4) is 0 Å². The molecule has 214 valence electrons. The first-order valence-electron chi connectivity index (χ1n) is 12.3. The molecule has 0 amide bonds. The number of carbonyl (C=O) groups is 1. The lowest BCUT2D eigenvalue weighted by molar-refractivity contribution is -0.270. The van der Waals surface area contributed by atoms with Crippen molar-refractivity contribution >= 4 is 5.78 Å². The molecule has 1 aliphatic rings. The van der Waals surface area contributed by atoms with E-state index < -0.39 is 47.5 Å². The summed E-state index contributed by atoms with van der Waals surface area (Å²) >= 11 is 0. The van der Waals surface area contributed by atoms with Crippen LogP contribution in [0.25, 0.3) is 11.3 Å². The van der Waals surface area contributed by atoms with Crippen molar-refractivity contribution in [2.75, 3.05) is 26.9 Å². The third-order valence-corrected chi connectivity index (χ3v) is 6.66. The predicted molar refractivity (Wildman–Crippen MR) is 136 cm³/mol. The van der Waals surface area contributed by atoms with E-state index in [1.54, 1.807) is 6.92 Å². The molecule has 2 unspecified atom stereocenters. The number of nitrogens with two attached hydrogens (primary N) is 1. The minimum atomic E-state index is -5.22. The summed E-state index contributed by atoms with van der Waals surface area (Å²) in [4.78, 5) is 17.1. The van der Waals surface area contributed by atoms with Gasteiger partial charge in [-0.25, -0.2) is 9.37 Å².